The molecule has 0 aliphatic heterocycles. The van der Waals surface area contributed by atoms with Crippen molar-refractivity contribution in [3.8, 4) is 0 Å². The topological polar surface area (TPSA) is 39.2 Å². The fraction of sp³-hybridized carbons (Fsp3) is 0.231. The van der Waals surface area contributed by atoms with E-state index in [1.54, 1.807) is 13.0 Å². The first-order valence-electron chi connectivity index (χ1n) is 5.33. The highest BCUT2D eigenvalue weighted by Crippen LogP contribution is 2.25. The van der Waals surface area contributed by atoms with Crippen molar-refractivity contribution in [1.29, 1.82) is 0 Å². The van der Waals surface area contributed by atoms with Gasteiger partial charge in [-0.3, -0.25) is 4.79 Å². The number of aryl methyl sites for hydroxylation is 1. The molecule has 0 fully saturated rings. The SMILES string of the molecule is COC(=O)Cc1cc(Cl)nc2c(C)cc(F)cc12. The summed E-state index contributed by atoms with van der Waals surface area (Å²) in [7, 11) is 1.30. The minimum atomic E-state index is -0.402. The molecule has 5 heteroatoms. The normalized spacial score (nSPS) is 10.7. The summed E-state index contributed by atoms with van der Waals surface area (Å²) >= 11 is 5.91. The molecule has 0 aliphatic carbocycles. The number of hydrogen-bond acceptors (Lipinski definition) is 3. The van der Waals surface area contributed by atoms with Gasteiger partial charge in [0, 0.05) is 5.39 Å². The third kappa shape index (κ3) is 2.43. The molecule has 94 valence electrons. The van der Waals surface area contributed by atoms with Crippen LogP contribution in [0.1, 0.15) is 11.1 Å². The zero-order valence-corrected chi connectivity index (χ0v) is 10.7. The summed E-state index contributed by atoms with van der Waals surface area (Å²) in [6.45, 7) is 1.75. The van der Waals surface area contributed by atoms with E-state index in [1.165, 1.54) is 19.2 Å². The number of pyridine rings is 1. The molecule has 0 saturated carbocycles. The van der Waals surface area contributed by atoms with E-state index >= 15 is 0 Å². The van der Waals surface area contributed by atoms with Gasteiger partial charge >= 0.3 is 5.97 Å². The fourth-order valence-corrected chi connectivity index (χ4v) is 2.08. The summed E-state index contributed by atoms with van der Waals surface area (Å²) in [6.07, 6.45) is 0.0398. The molecule has 0 N–H and O–H groups in total. The van der Waals surface area contributed by atoms with Crippen LogP contribution >= 0.6 is 11.6 Å². The van der Waals surface area contributed by atoms with E-state index in [9.17, 15) is 9.18 Å². The highest BCUT2D eigenvalue weighted by atomic mass is 35.5. The number of hydrogen-bond donors (Lipinski definition) is 0. The van der Waals surface area contributed by atoms with Crippen molar-refractivity contribution >= 4 is 28.5 Å². The molecule has 0 amide bonds. The summed E-state index contributed by atoms with van der Waals surface area (Å²) in [5, 5.41) is 0.860. The first-order chi connectivity index (χ1) is 8.51. The molecule has 1 heterocycles. The molecule has 2 aromatic rings. The van der Waals surface area contributed by atoms with Crippen LogP contribution in [0.25, 0.3) is 10.9 Å². The highest BCUT2D eigenvalue weighted by molar-refractivity contribution is 6.30. The first kappa shape index (κ1) is 12.8. The summed E-state index contributed by atoms with van der Waals surface area (Å²) in [6, 6.07) is 4.29. The van der Waals surface area contributed by atoms with Crippen LogP contribution < -0.4 is 0 Å². The lowest BCUT2D eigenvalue weighted by atomic mass is 10.0. The summed E-state index contributed by atoms with van der Waals surface area (Å²) in [5.74, 6) is -0.768. The minimum absolute atomic E-state index is 0.0398. The Bertz CT molecular complexity index is 628. The highest BCUT2D eigenvalue weighted by Gasteiger charge is 2.12. The Balaban J connectivity index is 2.67. The third-order valence-corrected chi connectivity index (χ3v) is 2.88. The molecule has 0 bridgehead atoms. The van der Waals surface area contributed by atoms with Crippen molar-refractivity contribution in [2.45, 2.75) is 13.3 Å². The van der Waals surface area contributed by atoms with Gasteiger partial charge in [-0.05, 0) is 36.2 Å². The van der Waals surface area contributed by atoms with Crippen LogP contribution in [0.15, 0.2) is 18.2 Å². The Hall–Kier alpha value is -1.68. The number of nitrogens with zero attached hydrogens (tertiary/aromatic N) is 1. The Labute approximate surface area is 109 Å². The fourth-order valence-electron chi connectivity index (χ4n) is 1.86. The predicted octanol–water partition coefficient (Wildman–Crippen LogP) is 3.05. The lowest BCUT2D eigenvalue weighted by Gasteiger charge is -2.08. The monoisotopic (exact) mass is 267 g/mol. The molecule has 0 radical (unpaired) electrons. The average Bonchev–Trinajstić information content (AvgIpc) is 2.30. The summed E-state index contributed by atoms with van der Waals surface area (Å²) < 4.78 is 18.0. The lowest BCUT2D eigenvalue weighted by Crippen LogP contribution is -2.05. The molecule has 18 heavy (non-hydrogen) atoms. The van der Waals surface area contributed by atoms with E-state index in [0.29, 0.717) is 22.0 Å². The molecule has 0 spiro atoms. The van der Waals surface area contributed by atoms with Crippen LogP contribution in [-0.2, 0) is 16.0 Å². The van der Waals surface area contributed by atoms with Gasteiger partial charge in [-0.15, -0.1) is 0 Å². The maximum atomic E-state index is 13.4. The van der Waals surface area contributed by atoms with Gasteiger partial charge in [-0.2, -0.15) is 0 Å². The van der Waals surface area contributed by atoms with Crippen LogP contribution in [-0.4, -0.2) is 18.1 Å². The zero-order chi connectivity index (χ0) is 13.3. The van der Waals surface area contributed by atoms with Crippen LogP contribution in [0.4, 0.5) is 4.39 Å². The second kappa shape index (κ2) is 4.90. The Morgan fingerprint density at radius 2 is 2.17 bits per heavy atom. The number of methoxy groups -OCH3 is 1. The molecule has 0 unspecified atom stereocenters. The van der Waals surface area contributed by atoms with Gasteiger partial charge in [0.25, 0.3) is 0 Å². The van der Waals surface area contributed by atoms with Gasteiger partial charge in [0.15, 0.2) is 0 Å². The molecule has 0 atom stereocenters. The summed E-state index contributed by atoms with van der Waals surface area (Å²) in [4.78, 5) is 15.5. The Morgan fingerprint density at radius 3 is 2.83 bits per heavy atom. The van der Waals surface area contributed by atoms with E-state index in [-0.39, 0.29) is 17.4 Å². The number of benzene rings is 1. The van der Waals surface area contributed by atoms with E-state index in [0.717, 1.165) is 0 Å². The van der Waals surface area contributed by atoms with Crippen LogP contribution in [0.5, 0.6) is 0 Å². The second-order valence-corrected chi connectivity index (χ2v) is 4.36. The minimum Gasteiger partial charge on any atom is -0.469 e. The number of halogens is 2. The van der Waals surface area contributed by atoms with Crippen molar-refractivity contribution < 1.29 is 13.9 Å². The van der Waals surface area contributed by atoms with Crippen LogP contribution in [0.3, 0.4) is 0 Å². The number of carbonyl (C=O) groups excluding carboxylic acids is 1. The molecule has 1 aromatic carbocycles. The van der Waals surface area contributed by atoms with Gasteiger partial charge in [-0.1, -0.05) is 11.6 Å². The van der Waals surface area contributed by atoms with Crippen molar-refractivity contribution in [3.63, 3.8) is 0 Å². The number of ether oxygens (including phenoxy) is 1. The van der Waals surface area contributed by atoms with E-state index in [1.807, 2.05) is 0 Å². The molecular weight excluding hydrogens is 257 g/mol. The van der Waals surface area contributed by atoms with E-state index in [2.05, 4.69) is 9.72 Å². The number of fused-ring (bicyclic) bond motifs is 1. The molecule has 0 saturated heterocycles. The smallest absolute Gasteiger partial charge is 0.310 e. The van der Waals surface area contributed by atoms with Gasteiger partial charge < -0.3 is 4.74 Å². The number of rotatable bonds is 2. The largest absolute Gasteiger partial charge is 0.469 e. The van der Waals surface area contributed by atoms with E-state index < -0.39 is 5.97 Å². The van der Waals surface area contributed by atoms with Crippen LogP contribution in [0.2, 0.25) is 5.15 Å². The first-order valence-corrected chi connectivity index (χ1v) is 5.71. The standard InChI is InChI=1S/C13H11ClFNO2/c1-7-3-9(15)6-10-8(5-12(17)18-2)4-11(14)16-13(7)10/h3-4,6H,5H2,1-2H3. The number of carbonyl (C=O) groups is 1. The molecular formula is C13H11ClFNO2. The Kier molecular flexibility index (Phi) is 3.48. The van der Waals surface area contributed by atoms with Crippen molar-refractivity contribution in [1.82, 2.24) is 4.98 Å². The predicted molar refractivity (Wildman–Crippen MR) is 67.2 cm³/mol. The van der Waals surface area contributed by atoms with Gasteiger partial charge in [0.05, 0.1) is 19.0 Å². The molecule has 1 aromatic heterocycles. The molecule has 3 nitrogen and oxygen atoms in total. The van der Waals surface area contributed by atoms with E-state index in [4.69, 9.17) is 11.6 Å². The van der Waals surface area contributed by atoms with Crippen molar-refractivity contribution in [2.75, 3.05) is 7.11 Å². The van der Waals surface area contributed by atoms with Gasteiger partial charge in [0.2, 0.25) is 0 Å². The maximum Gasteiger partial charge on any atom is 0.310 e. The average molecular weight is 268 g/mol. The Morgan fingerprint density at radius 1 is 1.44 bits per heavy atom. The van der Waals surface area contributed by atoms with Crippen LogP contribution in [0, 0.1) is 12.7 Å². The quantitative estimate of drug-likeness (QED) is 0.620. The third-order valence-electron chi connectivity index (χ3n) is 2.69. The lowest BCUT2D eigenvalue weighted by molar-refractivity contribution is -0.139. The van der Waals surface area contributed by atoms with Gasteiger partial charge in [-0.25, -0.2) is 9.37 Å². The summed E-state index contributed by atoms with van der Waals surface area (Å²) in [5.41, 5.74) is 1.89. The maximum absolute atomic E-state index is 13.4. The van der Waals surface area contributed by atoms with Crippen molar-refractivity contribution in [3.05, 3.63) is 40.3 Å². The van der Waals surface area contributed by atoms with Crippen molar-refractivity contribution in [2.24, 2.45) is 0 Å². The molecule has 0 aliphatic rings. The van der Waals surface area contributed by atoms with Gasteiger partial charge in [0.1, 0.15) is 11.0 Å². The second-order valence-electron chi connectivity index (χ2n) is 3.98. The zero-order valence-electron chi connectivity index (χ0n) is 9.96. The number of aromatic nitrogens is 1. The molecule has 2 rings (SSSR count). The number of esters is 1.